The Bertz CT molecular complexity index is 2740. The minimum absolute atomic E-state index is 0.893. The van der Waals surface area contributed by atoms with Crippen molar-refractivity contribution in [1.29, 1.82) is 0 Å². The number of nitrogens with zero attached hydrogens (tertiary/aromatic N) is 1. The maximum atomic E-state index is 6.77. The van der Waals surface area contributed by atoms with Crippen LogP contribution in [0, 0.1) is 0 Å². The first-order chi connectivity index (χ1) is 22.8. The van der Waals surface area contributed by atoms with Gasteiger partial charge in [0.15, 0.2) is 5.58 Å². The number of aromatic nitrogens is 1. The highest BCUT2D eigenvalue weighted by molar-refractivity contribution is 6.23. The van der Waals surface area contributed by atoms with Crippen molar-refractivity contribution in [1.82, 2.24) is 4.57 Å². The Hall–Kier alpha value is -6.12. The summed E-state index contributed by atoms with van der Waals surface area (Å²) in [5.74, 6) is 0. The van der Waals surface area contributed by atoms with Crippen LogP contribution >= 0.6 is 0 Å². The lowest BCUT2D eigenvalue weighted by Crippen LogP contribution is -1.93. The van der Waals surface area contributed by atoms with Crippen LogP contribution < -0.4 is 0 Å². The molecule has 0 saturated heterocycles. The average Bonchev–Trinajstić information content (AvgIpc) is 3.65. The van der Waals surface area contributed by atoms with Crippen molar-refractivity contribution in [3.8, 4) is 27.9 Å². The van der Waals surface area contributed by atoms with Crippen molar-refractivity contribution in [2.24, 2.45) is 0 Å². The average molecular weight is 586 g/mol. The van der Waals surface area contributed by atoms with E-state index in [0.717, 1.165) is 44.2 Å². The van der Waals surface area contributed by atoms with Crippen molar-refractivity contribution in [2.45, 2.75) is 0 Å². The van der Waals surface area contributed by atoms with E-state index in [9.17, 15) is 0 Å². The first-order valence-electron chi connectivity index (χ1n) is 15.8. The maximum Gasteiger partial charge on any atom is 0.161 e. The standard InChI is InChI=1S/C44H27NO/c1-2-14-32(15-3-1)45-39-21-11-10-20-37(39)44-43(45)38-25-24-31(27-40(38)46-44)42-35-18-8-6-16-33(35)41(34-17-7-9-19-36(34)42)30-23-22-28-12-4-5-13-29(28)26-30/h1-27H. The van der Waals surface area contributed by atoms with Crippen molar-refractivity contribution < 1.29 is 4.42 Å². The molecule has 0 fully saturated rings. The van der Waals surface area contributed by atoms with Gasteiger partial charge in [-0.25, -0.2) is 0 Å². The van der Waals surface area contributed by atoms with Gasteiger partial charge in [0.1, 0.15) is 11.1 Å². The van der Waals surface area contributed by atoms with Crippen molar-refractivity contribution in [3.05, 3.63) is 164 Å². The molecule has 2 heterocycles. The third-order valence-electron chi connectivity index (χ3n) is 9.55. The fraction of sp³-hybridized carbons (Fsp3) is 0. The lowest BCUT2D eigenvalue weighted by Gasteiger charge is -2.18. The van der Waals surface area contributed by atoms with Gasteiger partial charge in [-0.05, 0) is 97.0 Å². The number of furan rings is 1. The van der Waals surface area contributed by atoms with Crippen LogP contribution in [0.4, 0.5) is 0 Å². The monoisotopic (exact) mass is 585 g/mol. The molecule has 2 heteroatoms. The van der Waals surface area contributed by atoms with Crippen LogP contribution in [-0.4, -0.2) is 4.57 Å². The number of para-hydroxylation sites is 2. The Morgan fingerprint density at radius 2 is 0.935 bits per heavy atom. The van der Waals surface area contributed by atoms with Gasteiger partial charge < -0.3 is 8.98 Å². The van der Waals surface area contributed by atoms with Gasteiger partial charge in [-0.1, -0.05) is 121 Å². The second-order valence-electron chi connectivity index (χ2n) is 12.1. The molecule has 2 nitrogen and oxygen atoms in total. The van der Waals surface area contributed by atoms with Crippen LogP contribution in [0.25, 0.3) is 93.2 Å². The fourth-order valence-corrected chi connectivity index (χ4v) is 7.56. The van der Waals surface area contributed by atoms with E-state index in [1.165, 1.54) is 49.0 Å². The van der Waals surface area contributed by atoms with Crippen LogP contribution in [0.5, 0.6) is 0 Å². The molecule has 0 unspecified atom stereocenters. The number of hydrogen-bond acceptors (Lipinski definition) is 1. The van der Waals surface area contributed by atoms with Gasteiger partial charge in [0.25, 0.3) is 0 Å². The van der Waals surface area contributed by atoms with Crippen molar-refractivity contribution in [2.75, 3.05) is 0 Å². The molecule has 0 aliphatic rings. The Morgan fingerprint density at radius 1 is 0.391 bits per heavy atom. The van der Waals surface area contributed by atoms with Crippen LogP contribution in [0.3, 0.4) is 0 Å². The molecule has 46 heavy (non-hydrogen) atoms. The van der Waals surface area contributed by atoms with E-state index in [1.807, 2.05) is 0 Å². The molecule has 0 amide bonds. The predicted molar refractivity (Wildman–Crippen MR) is 194 cm³/mol. The molecule has 2 aromatic heterocycles. The summed E-state index contributed by atoms with van der Waals surface area (Å²) in [7, 11) is 0. The van der Waals surface area contributed by atoms with E-state index in [0.29, 0.717) is 0 Å². The molecule has 0 saturated carbocycles. The van der Waals surface area contributed by atoms with Gasteiger partial charge in [0.2, 0.25) is 0 Å². The normalized spacial score (nSPS) is 11.9. The van der Waals surface area contributed by atoms with E-state index in [1.54, 1.807) is 0 Å². The van der Waals surface area contributed by atoms with Gasteiger partial charge in [-0.15, -0.1) is 0 Å². The molecule has 0 bridgehead atoms. The van der Waals surface area contributed by atoms with E-state index in [4.69, 9.17) is 4.42 Å². The van der Waals surface area contributed by atoms with Crippen LogP contribution in [0.1, 0.15) is 0 Å². The molecule has 214 valence electrons. The zero-order chi connectivity index (χ0) is 30.2. The van der Waals surface area contributed by atoms with Gasteiger partial charge in [0, 0.05) is 16.5 Å². The molecular weight excluding hydrogens is 558 g/mol. The smallest absolute Gasteiger partial charge is 0.161 e. The van der Waals surface area contributed by atoms with Crippen LogP contribution in [0.15, 0.2) is 168 Å². The zero-order valence-corrected chi connectivity index (χ0v) is 24.9. The number of rotatable bonds is 3. The predicted octanol–water partition coefficient (Wildman–Crippen LogP) is 12.3. The van der Waals surface area contributed by atoms with Gasteiger partial charge in [-0.3, -0.25) is 0 Å². The molecule has 0 aliphatic heterocycles. The second-order valence-corrected chi connectivity index (χ2v) is 12.1. The molecule has 0 radical (unpaired) electrons. The molecule has 0 spiro atoms. The summed E-state index contributed by atoms with van der Waals surface area (Å²) in [6, 6.07) is 58.9. The highest BCUT2D eigenvalue weighted by Gasteiger charge is 2.21. The van der Waals surface area contributed by atoms with Crippen molar-refractivity contribution in [3.63, 3.8) is 0 Å². The fourth-order valence-electron chi connectivity index (χ4n) is 7.56. The highest BCUT2D eigenvalue weighted by atomic mass is 16.3. The van der Waals surface area contributed by atoms with E-state index >= 15 is 0 Å². The number of hydrogen-bond donors (Lipinski definition) is 0. The van der Waals surface area contributed by atoms with Crippen molar-refractivity contribution >= 4 is 65.3 Å². The van der Waals surface area contributed by atoms with Crippen LogP contribution in [0.2, 0.25) is 0 Å². The van der Waals surface area contributed by atoms with E-state index in [2.05, 4.69) is 168 Å². The molecule has 8 aromatic carbocycles. The largest absolute Gasteiger partial charge is 0.454 e. The number of benzene rings is 8. The van der Waals surface area contributed by atoms with Gasteiger partial charge in [-0.2, -0.15) is 0 Å². The molecule has 0 aliphatic carbocycles. The summed E-state index contributed by atoms with van der Waals surface area (Å²) in [4.78, 5) is 0. The summed E-state index contributed by atoms with van der Waals surface area (Å²) in [5.41, 5.74) is 10.1. The Kier molecular flexibility index (Phi) is 5.31. The number of fused-ring (bicyclic) bond motifs is 8. The summed E-state index contributed by atoms with van der Waals surface area (Å²) >= 11 is 0. The highest BCUT2D eigenvalue weighted by Crippen LogP contribution is 2.46. The second kappa shape index (κ2) is 9.69. The molecule has 0 atom stereocenters. The first kappa shape index (κ1) is 25.2. The minimum Gasteiger partial charge on any atom is -0.454 e. The first-order valence-corrected chi connectivity index (χ1v) is 15.8. The molecule has 10 aromatic rings. The zero-order valence-electron chi connectivity index (χ0n) is 24.9. The van der Waals surface area contributed by atoms with E-state index in [-0.39, 0.29) is 0 Å². The Labute approximate surface area is 265 Å². The Morgan fingerprint density at radius 3 is 1.63 bits per heavy atom. The van der Waals surface area contributed by atoms with Gasteiger partial charge in [0.05, 0.1) is 5.52 Å². The topological polar surface area (TPSA) is 18.1 Å². The third-order valence-corrected chi connectivity index (χ3v) is 9.55. The summed E-state index contributed by atoms with van der Waals surface area (Å²) < 4.78 is 9.10. The van der Waals surface area contributed by atoms with E-state index < -0.39 is 0 Å². The summed E-state index contributed by atoms with van der Waals surface area (Å²) in [5, 5.41) is 9.70. The van der Waals surface area contributed by atoms with Crippen LogP contribution in [-0.2, 0) is 0 Å². The summed E-state index contributed by atoms with van der Waals surface area (Å²) in [6.45, 7) is 0. The molecular formula is C44H27NO. The quantitative estimate of drug-likeness (QED) is 0.189. The summed E-state index contributed by atoms with van der Waals surface area (Å²) in [6.07, 6.45) is 0. The lowest BCUT2D eigenvalue weighted by molar-refractivity contribution is 0.673. The third kappa shape index (κ3) is 3.59. The Balaban J connectivity index is 1.26. The van der Waals surface area contributed by atoms with Gasteiger partial charge >= 0.3 is 0 Å². The molecule has 10 rings (SSSR count). The maximum absolute atomic E-state index is 6.77. The lowest BCUT2D eigenvalue weighted by atomic mass is 9.85. The minimum atomic E-state index is 0.893. The SMILES string of the molecule is c1ccc(-n2c3ccccc3c3oc4cc(-c5c6ccccc6c(-c6ccc7ccccc7c6)c6ccccc56)ccc4c32)cc1. The molecule has 0 N–H and O–H groups in total.